The van der Waals surface area contributed by atoms with E-state index in [0.29, 0.717) is 41.5 Å². The standard InChI is InChI=1S/C28H25Cl2NO5/c1-35-14-6-13-31-25(19-9-5-10-21(15-19)36-17-18-7-3-2-4-8-18)24(27(33)28(31)34)26(32)20-11-12-22(29)23(30)16-20/h2-5,7-12,15-16,25,32H,6,13-14,17H2,1H3/b26-24-. The smallest absolute Gasteiger partial charge is 0.295 e. The largest absolute Gasteiger partial charge is 0.507 e. The van der Waals surface area contributed by atoms with E-state index in [1.54, 1.807) is 31.4 Å². The van der Waals surface area contributed by atoms with Crippen molar-refractivity contribution in [1.82, 2.24) is 4.90 Å². The molecule has 1 heterocycles. The van der Waals surface area contributed by atoms with E-state index in [1.165, 1.54) is 17.0 Å². The number of hydrogen-bond donors (Lipinski definition) is 1. The Morgan fingerprint density at radius 1 is 0.972 bits per heavy atom. The van der Waals surface area contributed by atoms with Gasteiger partial charge in [0.2, 0.25) is 0 Å². The van der Waals surface area contributed by atoms with E-state index in [4.69, 9.17) is 32.7 Å². The number of hydrogen-bond acceptors (Lipinski definition) is 5. The Morgan fingerprint density at radius 3 is 2.47 bits per heavy atom. The zero-order valence-electron chi connectivity index (χ0n) is 19.6. The highest BCUT2D eigenvalue weighted by atomic mass is 35.5. The Kier molecular flexibility index (Phi) is 8.31. The van der Waals surface area contributed by atoms with Crippen LogP contribution in [0.1, 0.15) is 29.2 Å². The van der Waals surface area contributed by atoms with Crippen molar-refractivity contribution >= 4 is 40.7 Å². The fourth-order valence-corrected chi connectivity index (χ4v) is 4.45. The van der Waals surface area contributed by atoms with Crippen LogP contribution in [-0.2, 0) is 20.9 Å². The van der Waals surface area contributed by atoms with Gasteiger partial charge in [-0.1, -0.05) is 65.7 Å². The molecule has 6 nitrogen and oxygen atoms in total. The molecule has 4 rings (SSSR count). The number of ether oxygens (including phenoxy) is 2. The molecule has 0 spiro atoms. The minimum atomic E-state index is -0.809. The molecule has 186 valence electrons. The van der Waals surface area contributed by atoms with Crippen LogP contribution in [0.25, 0.3) is 5.76 Å². The first-order chi connectivity index (χ1) is 17.4. The van der Waals surface area contributed by atoms with Gasteiger partial charge in [0.05, 0.1) is 21.7 Å². The second-order valence-electron chi connectivity index (χ2n) is 8.31. The lowest BCUT2D eigenvalue weighted by molar-refractivity contribution is -0.140. The van der Waals surface area contributed by atoms with Crippen molar-refractivity contribution in [3.63, 3.8) is 0 Å². The van der Waals surface area contributed by atoms with Gasteiger partial charge in [0.25, 0.3) is 11.7 Å². The number of Topliss-reactive ketones (excluding diaryl/α,β-unsaturated/α-hetero) is 1. The van der Waals surface area contributed by atoms with Crippen molar-refractivity contribution in [3.05, 3.63) is 105 Å². The Morgan fingerprint density at radius 2 is 1.75 bits per heavy atom. The van der Waals surface area contributed by atoms with Crippen LogP contribution in [0, 0.1) is 0 Å². The lowest BCUT2D eigenvalue weighted by atomic mass is 9.95. The summed E-state index contributed by atoms with van der Waals surface area (Å²) in [5, 5.41) is 11.7. The van der Waals surface area contributed by atoms with E-state index < -0.39 is 17.7 Å². The van der Waals surface area contributed by atoms with Crippen molar-refractivity contribution in [3.8, 4) is 5.75 Å². The molecule has 0 radical (unpaired) electrons. The molecule has 0 aliphatic carbocycles. The fraction of sp³-hybridized carbons (Fsp3) is 0.214. The summed E-state index contributed by atoms with van der Waals surface area (Å²) in [6, 6.07) is 20.7. The van der Waals surface area contributed by atoms with Gasteiger partial charge in [-0.15, -0.1) is 0 Å². The molecule has 36 heavy (non-hydrogen) atoms. The van der Waals surface area contributed by atoms with Crippen LogP contribution in [-0.4, -0.2) is 42.0 Å². The number of aliphatic hydroxyl groups is 1. The number of likely N-dealkylation sites (tertiary alicyclic amines) is 1. The van der Waals surface area contributed by atoms with Crippen molar-refractivity contribution in [2.75, 3.05) is 20.3 Å². The first kappa shape index (κ1) is 25.8. The molecular weight excluding hydrogens is 501 g/mol. The Balaban J connectivity index is 1.74. The highest BCUT2D eigenvalue weighted by Gasteiger charge is 2.45. The van der Waals surface area contributed by atoms with Gasteiger partial charge >= 0.3 is 0 Å². The number of halogens is 2. The van der Waals surface area contributed by atoms with Crippen molar-refractivity contribution in [1.29, 1.82) is 0 Å². The van der Waals surface area contributed by atoms with Crippen molar-refractivity contribution < 1.29 is 24.2 Å². The molecule has 1 atom stereocenters. The molecule has 1 amide bonds. The lowest BCUT2D eigenvalue weighted by Crippen LogP contribution is -2.31. The highest BCUT2D eigenvalue weighted by Crippen LogP contribution is 2.41. The molecule has 3 aromatic rings. The van der Waals surface area contributed by atoms with Crippen molar-refractivity contribution in [2.24, 2.45) is 0 Å². The first-order valence-corrected chi connectivity index (χ1v) is 12.2. The highest BCUT2D eigenvalue weighted by molar-refractivity contribution is 6.46. The van der Waals surface area contributed by atoms with E-state index >= 15 is 0 Å². The van der Waals surface area contributed by atoms with Crippen LogP contribution in [0.2, 0.25) is 10.0 Å². The molecule has 3 aromatic carbocycles. The summed E-state index contributed by atoms with van der Waals surface area (Å²) in [5.74, 6) is -1.19. The summed E-state index contributed by atoms with van der Waals surface area (Å²) < 4.78 is 11.1. The summed E-state index contributed by atoms with van der Waals surface area (Å²) in [5.41, 5.74) is 1.92. The quantitative estimate of drug-likeness (QED) is 0.160. The molecule has 1 fully saturated rings. The Hall–Kier alpha value is -3.32. The first-order valence-electron chi connectivity index (χ1n) is 11.4. The topological polar surface area (TPSA) is 76.1 Å². The van der Waals surface area contributed by atoms with Gasteiger partial charge < -0.3 is 19.5 Å². The summed E-state index contributed by atoms with van der Waals surface area (Å²) in [7, 11) is 1.57. The average Bonchev–Trinajstić information content (AvgIpc) is 3.14. The summed E-state index contributed by atoms with van der Waals surface area (Å²) in [4.78, 5) is 27.7. The fourth-order valence-electron chi connectivity index (χ4n) is 4.15. The molecule has 1 aliphatic rings. The third-order valence-electron chi connectivity index (χ3n) is 5.90. The number of carbonyl (C=O) groups is 2. The van der Waals surface area contributed by atoms with Gasteiger partial charge in [-0.3, -0.25) is 9.59 Å². The monoisotopic (exact) mass is 525 g/mol. The Bertz CT molecular complexity index is 1290. The second-order valence-corrected chi connectivity index (χ2v) is 9.13. The number of benzene rings is 3. The molecular formula is C28H25Cl2NO5. The second kappa shape index (κ2) is 11.6. The predicted molar refractivity (Wildman–Crippen MR) is 139 cm³/mol. The molecule has 0 saturated carbocycles. The van der Waals surface area contributed by atoms with Gasteiger partial charge in [-0.25, -0.2) is 0 Å². The number of rotatable bonds is 9. The van der Waals surface area contributed by atoms with E-state index in [2.05, 4.69) is 0 Å². The maximum atomic E-state index is 13.2. The van der Waals surface area contributed by atoms with Gasteiger partial charge in [-0.05, 0) is 47.9 Å². The number of aliphatic hydroxyl groups excluding tert-OH is 1. The van der Waals surface area contributed by atoms with E-state index in [0.717, 1.165) is 5.56 Å². The predicted octanol–water partition coefficient (Wildman–Crippen LogP) is 6.03. The van der Waals surface area contributed by atoms with Crippen LogP contribution in [0.15, 0.2) is 78.4 Å². The van der Waals surface area contributed by atoms with Crippen LogP contribution < -0.4 is 4.74 Å². The van der Waals surface area contributed by atoms with Crippen LogP contribution in [0.3, 0.4) is 0 Å². The van der Waals surface area contributed by atoms with Crippen molar-refractivity contribution in [2.45, 2.75) is 19.1 Å². The lowest BCUT2D eigenvalue weighted by Gasteiger charge is -2.25. The number of ketones is 1. The number of nitrogens with zero attached hydrogens (tertiary/aromatic N) is 1. The zero-order valence-corrected chi connectivity index (χ0v) is 21.1. The third kappa shape index (κ3) is 5.57. The van der Waals surface area contributed by atoms with Crippen LogP contribution >= 0.6 is 23.2 Å². The number of amides is 1. The minimum Gasteiger partial charge on any atom is -0.507 e. The zero-order chi connectivity index (χ0) is 25.7. The van der Waals surface area contributed by atoms with E-state index in [1.807, 2.05) is 36.4 Å². The molecule has 1 unspecified atom stereocenters. The summed E-state index contributed by atoms with van der Waals surface area (Å²) >= 11 is 12.2. The SMILES string of the molecule is COCCCN1C(=O)C(=O)/C(=C(\O)c2ccc(Cl)c(Cl)c2)C1c1cccc(OCc2ccccc2)c1. The van der Waals surface area contributed by atoms with E-state index in [9.17, 15) is 14.7 Å². The molecule has 1 N–H and O–H groups in total. The van der Waals surface area contributed by atoms with Gasteiger partial charge in [-0.2, -0.15) is 0 Å². The van der Waals surface area contributed by atoms with Gasteiger partial charge in [0.1, 0.15) is 18.1 Å². The minimum absolute atomic E-state index is 0.0176. The summed E-state index contributed by atoms with van der Waals surface area (Å²) in [6.45, 7) is 1.06. The third-order valence-corrected chi connectivity index (χ3v) is 6.64. The molecule has 1 saturated heterocycles. The molecule has 1 aliphatic heterocycles. The Labute approximate surface area is 219 Å². The molecule has 0 bridgehead atoms. The van der Waals surface area contributed by atoms with Crippen LogP contribution in [0.4, 0.5) is 0 Å². The molecule has 0 aromatic heterocycles. The maximum absolute atomic E-state index is 13.2. The number of methoxy groups -OCH3 is 1. The summed E-state index contributed by atoms with van der Waals surface area (Å²) in [6.07, 6.45) is 0.525. The molecule has 8 heteroatoms. The van der Waals surface area contributed by atoms with Gasteiger partial charge in [0, 0.05) is 25.8 Å². The average molecular weight is 526 g/mol. The van der Waals surface area contributed by atoms with Crippen LogP contribution in [0.5, 0.6) is 5.75 Å². The number of carbonyl (C=O) groups excluding carboxylic acids is 2. The maximum Gasteiger partial charge on any atom is 0.295 e. The normalized spacial score (nSPS) is 17.0. The van der Waals surface area contributed by atoms with E-state index in [-0.39, 0.29) is 22.9 Å². The van der Waals surface area contributed by atoms with Gasteiger partial charge in [0.15, 0.2) is 0 Å².